The molecule has 1 N–H and O–H groups in total. The van der Waals surface area contributed by atoms with Crippen molar-refractivity contribution in [3.05, 3.63) is 17.2 Å². The van der Waals surface area contributed by atoms with Gasteiger partial charge in [0.15, 0.2) is 0 Å². The van der Waals surface area contributed by atoms with Crippen LogP contribution in [0.2, 0.25) is 0 Å². The van der Waals surface area contributed by atoms with E-state index in [0.29, 0.717) is 0 Å². The summed E-state index contributed by atoms with van der Waals surface area (Å²) in [4.78, 5) is 8.41. The summed E-state index contributed by atoms with van der Waals surface area (Å²) in [5, 5.41) is 0. The molecule has 1 aromatic heterocycles. The first kappa shape index (κ1) is 15.6. The fraction of sp³-hybridized carbons (Fsp3) is 0.833. The number of hydrogen-bond acceptors (Lipinski definition) is 1. The van der Waals surface area contributed by atoms with Gasteiger partial charge in [-0.3, -0.25) is 0 Å². The molecule has 0 saturated carbocycles. The summed E-state index contributed by atoms with van der Waals surface area (Å²) in [5.74, 6) is 2.13. The molecule has 0 saturated heterocycles. The Labute approximate surface area is 124 Å². The van der Waals surface area contributed by atoms with Crippen LogP contribution in [0.4, 0.5) is 0 Å². The number of fused-ring (bicyclic) bond motifs is 1. The molecular formula is C18H32N2. The third-order valence-electron chi connectivity index (χ3n) is 4.79. The number of aromatic nitrogens is 2. The number of nitrogens with one attached hydrogen (secondary N) is 1. The Hall–Kier alpha value is -0.790. The van der Waals surface area contributed by atoms with Crippen molar-refractivity contribution >= 4 is 0 Å². The molecule has 0 spiro atoms. The maximum atomic E-state index is 4.81. The van der Waals surface area contributed by atoms with Gasteiger partial charge in [-0.25, -0.2) is 4.98 Å². The van der Waals surface area contributed by atoms with Gasteiger partial charge in [0, 0.05) is 12.1 Å². The predicted octanol–water partition coefficient (Wildman–Crippen LogP) is 5.22. The number of unbranched alkanes of at least 4 members (excludes halogenated alkanes) is 6. The topological polar surface area (TPSA) is 28.7 Å². The van der Waals surface area contributed by atoms with Gasteiger partial charge in [0.2, 0.25) is 0 Å². The normalized spacial score (nSPS) is 18.2. The molecule has 1 aromatic rings. The summed E-state index contributed by atoms with van der Waals surface area (Å²) in [7, 11) is 0. The van der Waals surface area contributed by atoms with E-state index in [4.69, 9.17) is 4.98 Å². The first-order chi connectivity index (χ1) is 9.83. The van der Waals surface area contributed by atoms with Crippen LogP contribution in [0.5, 0.6) is 0 Å². The Morgan fingerprint density at radius 3 is 2.55 bits per heavy atom. The van der Waals surface area contributed by atoms with Crippen molar-refractivity contribution < 1.29 is 0 Å². The first-order valence-corrected chi connectivity index (χ1v) is 8.90. The molecule has 0 bridgehead atoms. The van der Waals surface area contributed by atoms with Crippen LogP contribution >= 0.6 is 0 Å². The lowest BCUT2D eigenvalue weighted by Gasteiger charge is -2.19. The van der Waals surface area contributed by atoms with Crippen LogP contribution in [0, 0.1) is 5.92 Å². The minimum absolute atomic E-state index is 0.884. The molecule has 20 heavy (non-hydrogen) atoms. The maximum Gasteiger partial charge on any atom is 0.106 e. The van der Waals surface area contributed by atoms with Crippen molar-refractivity contribution in [2.24, 2.45) is 5.92 Å². The third-order valence-corrected chi connectivity index (χ3v) is 4.79. The molecule has 0 aliphatic heterocycles. The second kappa shape index (κ2) is 8.49. The molecular weight excluding hydrogens is 244 g/mol. The zero-order valence-electron chi connectivity index (χ0n) is 13.5. The zero-order chi connectivity index (χ0) is 14.2. The number of rotatable bonds is 9. The Balaban J connectivity index is 1.66. The average Bonchev–Trinajstić information content (AvgIpc) is 2.87. The smallest absolute Gasteiger partial charge is 0.106 e. The lowest BCUT2D eigenvalue weighted by Crippen LogP contribution is -2.12. The number of nitrogens with zero attached hydrogens (tertiary/aromatic N) is 1. The number of hydrogen-bond donors (Lipinski definition) is 1. The standard InChI is InChI=1S/C18H32N2/c1-3-5-6-7-8-9-10-11-18-19-16-13-12-15(4-2)14-17(16)20-18/h15H,3-14H2,1-2H3,(H,19,20). The van der Waals surface area contributed by atoms with Crippen molar-refractivity contribution in [1.29, 1.82) is 0 Å². The van der Waals surface area contributed by atoms with Crippen molar-refractivity contribution in [1.82, 2.24) is 9.97 Å². The first-order valence-electron chi connectivity index (χ1n) is 8.90. The molecule has 2 rings (SSSR count). The molecule has 1 unspecified atom stereocenters. The molecule has 0 aromatic carbocycles. The highest BCUT2D eigenvalue weighted by Crippen LogP contribution is 2.26. The zero-order valence-corrected chi connectivity index (χ0v) is 13.5. The van der Waals surface area contributed by atoms with Gasteiger partial charge in [-0.1, -0.05) is 58.8 Å². The van der Waals surface area contributed by atoms with Gasteiger partial charge < -0.3 is 4.98 Å². The minimum atomic E-state index is 0.884. The monoisotopic (exact) mass is 276 g/mol. The summed E-state index contributed by atoms with van der Waals surface area (Å²) in [5.41, 5.74) is 2.81. The van der Waals surface area contributed by atoms with Crippen LogP contribution < -0.4 is 0 Å². The minimum Gasteiger partial charge on any atom is -0.346 e. The second-order valence-corrected chi connectivity index (χ2v) is 6.50. The van der Waals surface area contributed by atoms with Crippen LogP contribution in [0.3, 0.4) is 0 Å². The largest absolute Gasteiger partial charge is 0.346 e. The molecule has 2 heteroatoms. The van der Waals surface area contributed by atoms with E-state index in [-0.39, 0.29) is 0 Å². The highest BCUT2D eigenvalue weighted by Gasteiger charge is 2.20. The van der Waals surface area contributed by atoms with Crippen LogP contribution in [-0.4, -0.2) is 9.97 Å². The van der Waals surface area contributed by atoms with Gasteiger partial charge in [0.1, 0.15) is 5.82 Å². The molecule has 1 aliphatic rings. The van der Waals surface area contributed by atoms with E-state index >= 15 is 0 Å². The Morgan fingerprint density at radius 2 is 1.80 bits per heavy atom. The predicted molar refractivity (Wildman–Crippen MR) is 86.1 cm³/mol. The van der Waals surface area contributed by atoms with E-state index in [0.717, 1.165) is 12.3 Å². The highest BCUT2D eigenvalue weighted by atomic mass is 14.9. The molecule has 1 heterocycles. The van der Waals surface area contributed by atoms with E-state index in [1.807, 2.05) is 0 Å². The fourth-order valence-electron chi connectivity index (χ4n) is 3.33. The van der Waals surface area contributed by atoms with Crippen LogP contribution in [0.15, 0.2) is 0 Å². The Bertz CT molecular complexity index is 381. The molecule has 114 valence electrons. The molecule has 0 amide bonds. The van der Waals surface area contributed by atoms with Gasteiger partial charge >= 0.3 is 0 Å². The van der Waals surface area contributed by atoms with Gasteiger partial charge in [0.25, 0.3) is 0 Å². The lowest BCUT2D eigenvalue weighted by molar-refractivity contribution is 0.438. The van der Waals surface area contributed by atoms with Crippen molar-refractivity contribution in [3.63, 3.8) is 0 Å². The van der Waals surface area contributed by atoms with Crippen molar-refractivity contribution in [2.75, 3.05) is 0 Å². The van der Waals surface area contributed by atoms with Crippen molar-refractivity contribution in [3.8, 4) is 0 Å². The van der Waals surface area contributed by atoms with Gasteiger partial charge in [-0.15, -0.1) is 0 Å². The summed E-state index contributed by atoms with van der Waals surface area (Å²) in [6.07, 6.45) is 15.9. The summed E-state index contributed by atoms with van der Waals surface area (Å²) >= 11 is 0. The molecule has 1 atom stereocenters. The maximum absolute atomic E-state index is 4.81. The Kier molecular flexibility index (Phi) is 6.62. The molecule has 2 nitrogen and oxygen atoms in total. The van der Waals surface area contributed by atoms with Crippen molar-refractivity contribution in [2.45, 2.75) is 90.9 Å². The van der Waals surface area contributed by atoms with E-state index in [2.05, 4.69) is 18.8 Å². The van der Waals surface area contributed by atoms with Gasteiger partial charge in [0.05, 0.1) is 5.69 Å². The van der Waals surface area contributed by atoms with Gasteiger partial charge in [-0.05, 0) is 31.6 Å². The van der Waals surface area contributed by atoms with Crippen LogP contribution in [0.1, 0.15) is 88.8 Å². The number of aryl methyl sites for hydroxylation is 2. The Morgan fingerprint density at radius 1 is 1.05 bits per heavy atom. The van der Waals surface area contributed by atoms with Crippen LogP contribution in [-0.2, 0) is 19.3 Å². The summed E-state index contributed by atoms with van der Waals surface area (Å²) in [6.45, 7) is 4.59. The van der Waals surface area contributed by atoms with E-state index in [1.54, 1.807) is 0 Å². The number of H-pyrrole nitrogens is 1. The van der Waals surface area contributed by atoms with Gasteiger partial charge in [-0.2, -0.15) is 0 Å². The lowest BCUT2D eigenvalue weighted by atomic mass is 9.88. The average molecular weight is 276 g/mol. The number of imidazole rings is 1. The summed E-state index contributed by atoms with van der Waals surface area (Å²) < 4.78 is 0. The van der Waals surface area contributed by atoms with Crippen LogP contribution in [0.25, 0.3) is 0 Å². The second-order valence-electron chi connectivity index (χ2n) is 6.50. The quantitative estimate of drug-likeness (QED) is 0.616. The number of aromatic amines is 1. The van der Waals surface area contributed by atoms with E-state index in [1.165, 1.54) is 87.8 Å². The molecule has 1 aliphatic carbocycles. The SMILES string of the molecule is CCCCCCCCCc1nc2c([nH]1)CC(CC)CC2. The molecule has 0 fully saturated rings. The summed E-state index contributed by atoms with van der Waals surface area (Å²) in [6, 6.07) is 0. The third kappa shape index (κ3) is 4.64. The van der Waals surface area contributed by atoms with E-state index < -0.39 is 0 Å². The van der Waals surface area contributed by atoms with E-state index in [9.17, 15) is 0 Å². The highest BCUT2D eigenvalue weighted by molar-refractivity contribution is 5.18. The fourth-order valence-corrected chi connectivity index (χ4v) is 3.33. The molecule has 0 radical (unpaired) electrons.